The van der Waals surface area contributed by atoms with Gasteiger partial charge in [0.1, 0.15) is 0 Å². The largest absolute Gasteiger partial charge is 0.340 e. The lowest BCUT2D eigenvalue weighted by Crippen LogP contribution is -2.53. The number of hydrogen-bond donors (Lipinski definition) is 1. The van der Waals surface area contributed by atoms with E-state index >= 15 is 0 Å². The fourth-order valence-corrected chi connectivity index (χ4v) is 2.35. The first kappa shape index (κ1) is 13.6. The van der Waals surface area contributed by atoms with Gasteiger partial charge in [0.05, 0.1) is 17.2 Å². The molecule has 19 heavy (non-hydrogen) atoms. The highest BCUT2D eigenvalue weighted by molar-refractivity contribution is 5.86. The van der Waals surface area contributed by atoms with Crippen LogP contribution in [0.4, 0.5) is 0 Å². The summed E-state index contributed by atoms with van der Waals surface area (Å²) in [5.41, 5.74) is 6.92. The van der Waals surface area contributed by atoms with E-state index in [0.29, 0.717) is 18.0 Å². The third-order valence-corrected chi connectivity index (χ3v) is 3.71. The van der Waals surface area contributed by atoms with Crippen LogP contribution in [0.5, 0.6) is 0 Å². The summed E-state index contributed by atoms with van der Waals surface area (Å²) in [7, 11) is 1.76. The van der Waals surface area contributed by atoms with Gasteiger partial charge in [-0.15, -0.1) is 0 Å². The lowest BCUT2D eigenvalue weighted by Gasteiger charge is -2.29. The summed E-state index contributed by atoms with van der Waals surface area (Å²) in [6, 6.07) is 9.39. The predicted octanol–water partition coefficient (Wildman–Crippen LogP) is 1.64. The number of likely N-dealkylation sites (N-methyl/N-ethyl adjacent to an activating group) is 1. The van der Waals surface area contributed by atoms with Gasteiger partial charge in [0.15, 0.2) is 0 Å². The summed E-state index contributed by atoms with van der Waals surface area (Å²) in [5.74, 6) is 0.283. The highest BCUT2D eigenvalue weighted by atomic mass is 16.2. The molecule has 1 atom stereocenters. The van der Waals surface area contributed by atoms with E-state index < -0.39 is 5.54 Å². The van der Waals surface area contributed by atoms with Crippen LogP contribution in [0, 0.1) is 17.2 Å². The van der Waals surface area contributed by atoms with E-state index in [4.69, 9.17) is 11.0 Å². The van der Waals surface area contributed by atoms with Gasteiger partial charge in [-0.1, -0.05) is 12.1 Å². The van der Waals surface area contributed by atoms with Gasteiger partial charge in [0.2, 0.25) is 5.91 Å². The maximum atomic E-state index is 12.3. The van der Waals surface area contributed by atoms with Crippen molar-refractivity contribution in [2.45, 2.75) is 31.8 Å². The summed E-state index contributed by atoms with van der Waals surface area (Å²) in [6.45, 7) is 2.29. The highest BCUT2D eigenvalue weighted by Crippen LogP contribution is 2.38. The molecule has 0 aromatic heterocycles. The lowest BCUT2D eigenvalue weighted by atomic mass is 9.95. The zero-order chi connectivity index (χ0) is 14.0. The molecule has 4 heteroatoms. The van der Waals surface area contributed by atoms with Crippen LogP contribution >= 0.6 is 0 Å². The minimum atomic E-state index is -0.762. The molecule has 1 amide bonds. The number of nitriles is 1. The standard InChI is InChI=1S/C15H19N3O/c1-15(17,13-6-7-13)14(19)18(2)10-12-5-3-4-11(8-12)9-16/h3-5,8,13H,6-7,10,17H2,1-2H3. The molecule has 0 radical (unpaired) electrons. The molecule has 1 fully saturated rings. The van der Waals surface area contributed by atoms with Crippen molar-refractivity contribution in [1.82, 2.24) is 4.90 Å². The molecule has 1 aliphatic carbocycles. The number of nitrogens with two attached hydrogens (primary N) is 1. The Hall–Kier alpha value is -1.86. The fourth-order valence-electron chi connectivity index (χ4n) is 2.35. The number of benzene rings is 1. The van der Waals surface area contributed by atoms with E-state index in [1.165, 1.54) is 0 Å². The van der Waals surface area contributed by atoms with Gasteiger partial charge in [-0.05, 0) is 43.4 Å². The van der Waals surface area contributed by atoms with Gasteiger partial charge < -0.3 is 10.6 Å². The summed E-state index contributed by atoms with van der Waals surface area (Å²) >= 11 is 0. The van der Waals surface area contributed by atoms with Crippen LogP contribution in [0.1, 0.15) is 30.9 Å². The molecule has 1 aliphatic rings. The molecule has 1 aromatic rings. The third-order valence-electron chi connectivity index (χ3n) is 3.71. The van der Waals surface area contributed by atoms with Crippen LogP contribution < -0.4 is 5.73 Å². The van der Waals surface area contributed by atoms with Crippen molar-refractivity contribution >= 4 is 5.91 Å². The number of carbonyl (C=O) groups is 1. The number of rotatable bonds is 4. The van der Waals surface area contributed by atoms with Crippen molar-refractivity contribution < 1.29 is 4.79 Å². The molecule has 0 saturated heterocycles. The normalized spacial score (nSPS) is 17.4. The van der Waals surface area contributed by atoms with Gasteiger partial charge in [0.25, 0.3) is 0 Å². The Bertz CT molecular complexity index is 526. The van der Waals surface area contributed by atoms with Crippen LogP contribution in [0.15, 0.2) is 24.3 Å². The first-order valence-electron chi connectivity index (χ1n) is 6.48. The molecule has 2 rings (SSSR count). The monoisotopic (exact) mass is 257 g/mol. The minimum Gasteiger partial charge on any atom is -0.340 e. The maximum absolute atomic E-state index is 12.3. The van der Waals surface area contributed by atoms with Crippen LogP contribution in [-0.2, 0) is 11.3 Å². The van der Waals surface area contributed by atoms with E-state index in [1.54, 1.807) is 24.1 Å². The van der Waals surface area contributed by atoms with E-state index in [1.807, 2.05) is 19.1 Å². The molecular formula is C15H19N3O. The van der Waals surface area contributed by atoms with E-state index in [0.717, 1.165) is 18.4 Å². The second kappa shape index (κ2) is 5.02. The summed E-state index contributed by atoms with van der Waals surface area (Å²) in [5, 5.41) is 8.87. The Morgan fingerprint density at radius 1 is 1.58 bits per heavy atom. The molecule has 1 unspecified atom stereocenters. The molecular weight excluding hydrogens is 238 g/mol. The Labute approximate surface area is 113 Å². The molecule has 0 aliphatic heterocycles. The maximum Gasteiger partial charge on any atom is 0.242 e. The minimum absolute atomic E-state index is 0.0302. The van der Waals surface area contributed by atoms with Gasteiger partial charge >= 0.3 is 0 Å². The Balaban J connectivity index is 2.06. The van der Waals surface area contributed by atoms with E-state index in [9.17, 15) is 4.79 Å². The van der Waals surface area contributed by atoms with Crippen LogP contribution in [-0.4, -0.2) is 23.4 Å². The molecule has 1 saturated carbocycles. The molecule has 0 bridgehead atoms. The summed E-state index contributed by atoms with van der Waals surface area (Å²) < 4.78 is 0. The second-order valence-corrected chi connectivity index (χ2v) is 5.53. The molecule has 0 spiro atoms. The van der Waals surface area contributed by atoms with Crippen molar-refractivity contribution in [3.8, 4) is 6.07 Å². The zero-order valence-electron chi connectivity index (χ0n) is 11.4. The van der Waals surface area contributed by atoms with Gasteiger partial charge in [-0.2, -0.15) is 5.26 Å². The Kier molecular flexibility index (Phi) is 3.59. The van der Waals surface area contributed by atoms with Crippen molar-refractivity contribution in [2.24, 2.45) is 11.7 Å². The van der Waals surface area contributed by atoms with Crippen LogP contribution in [0.25, 0.3) is 0 Å². The fraction of sp³-hybridized carbons (Fsp3) is 0.467. The molecule has 100 valence electrons. The van der Waals surface area contributed by atoms with Crippen LogP contribution in [0.2, 0.25) is 0 Å². The second-order valence-electron chi connectivity index (χ2n) is 5.53. The Morgan fingerprint density at radius 2 is 2.26 bits per heavy atom. The van der Waals surface area contributed by atoms with Gasteiger partial charge in [-0.3, -0.25) is 4.79 Å². The third kappa shape index (κ3) is 2.94. The summed E-state index contributed by atoms with van der Waals surface area (Å²) in [6.07, 6.45) is 2.08. The quantitative estimate of drug-likeness (QED) is 0.891. The van der Waals surface area contributed by atoms with Crippen molar-refractivity contribution in [3.05, 3.63) is 35.4 Å². The topological polar surface area (TPSA) is 70.1 Å². The van der Waals surface area contributed by atoms with Crippen molar-refractivity contribution in [2.75, 3.05) is 7.05 Å². The number of hydrogen-bond acceptors (Lipinski definition) is 3. The summed E-state index contributed by atoms with van der Waals surface area (Å²) in [4.78, 5) is 14.0. The molecule has 1 aromatic carbocycles. The van der Waals surface area contributed by atoms with E-state index in [2.05, 4.69) is 6.07 Å². The SMILES string of the molecule is CN(Cc1cccc(C#N)c1)C(=O)C(C)(N)C1CC1. The number of nitrogens with zero attached hydrogens (tertiary/aromatic N) is 2. The zero-order valence-corrected chi connectivity index (χ0v) is 11.4. The Morgan fingerprint density at radius 3 is 2.84 bits per heavy atom. The number of carbonyl (C=O) groups excluding carboxylic acids is 1. The predicted molar refractivity (Wildman–Crippen MR) is 72.9 cm³/mol. The lowest BCUT2D eigenvalue weighted by molar-refractivity contribution is -0.136. The molecule has 4 nitrogen and oxygen atoms in total. The molecule has 2 N–H and O–H groups in total. The smallest absolute Gasteiger partial charge is 0.242 e. The first-order valence-corrected chi connectivity index (χ1v) is 6.48. The molecule has 0 heterocycles. The number of amides is 1. The average Bonchev–Trinajstić information content (AvgIpc) is 3.22. The first-order chi connectivity index (χ1) is 8.95. The highest BCUT2D eigenvalue weighted by Gasteiger charge is 2.45. The van der Waals surface area contributed by atoms with Crippen molar-refractivity contribution in [3.63, 3.8) is 0 Å². The van der Waals surface area contributed by atoms with Crippen LogP contribution in [0.3, 0.4) is 0 Å². The average molecular weight is 257 g/mol. The van der Waals surface area contributed by atoms with Gasteiger partial charge in [-0.25, -0.2) is 0 Å². The van der Waals surface area contributed by atoms with E-state index in [-0.39, 0.29) is 5.91 Å². The van der Waals surface area contributed by atoms with Crippen molar-refractivity contribution in [1.29, 1.82) is 5.26 Å². The van der Waals surface area contributed by atoms with Gasteiger partial charge in [0, 0.05) is 13.6 Å².